The van der Waals surface area contributed by atoms with Gasteiger partial charge in [0.15, 0.2) is 0 Å². The summed E-state index contributed by atoms with van der Waals surface area (Å²) in [5.41, 5.74) is 0.926. The summed E-state index contributed by atoms with van der Waals surface area (Å²) in [4.78, 5) is 78.4. The number of carbonyl (C=O) groups is 5. The summed E-state index contributed by atoms with van der Waals surface area (Å²) in [5, 5.41) is 13.7. The molecule has 5 amide bonds. The lowest BCUT2D eigenvalue weighted by atomic mass is 9.72. The first-order chi connectivity index (χ1) is 46.4. The first-order valence-electron chi connectivity index (χ1n) is 32.9. The number of hydrogen-bond acceptors (Lipinski definition) is 11. The van der Waals surface area contributed by atoms with Crippen molar-refractivity contribution >= 4 is 78.3 Å². The molecule has 3 heterocycles. The topological polar surface area (TPSA) is 168 Å². The van der Waals surface area contributed by atoms with Gasteiger partial charge < -0.3 is 54.0 Å². The summed E-state index contributed by atoms with van der Waals surface area (Å²) in [7, 11) is 5.19. The average Bonchev–Trinajstić information content (AvgIpc) is 1.58. The van der Waals surface area contributed by atoms with Gasteiger partial charge in [-0.3, -0.25) is 24.1 Å². The van der Waals surface area contributed by atoms with Gasteiger partial charge in [0.05, 0.1) is 29.5 Å². The molecule has 0 bridgehead atoms. The highest BCUT2D eigenvalue weighted by atomic mass is 35.5. The number of nitrogens with zero attached hydrogens (tertiary/aromatic N) is 7. The van der Waals surface area contributed by atoms with Crippen LogP contribution in [0.5, 0.6) is 0 Å². The van der Waals surface area contributed by atoms with E-state index in [-0.39, 0.29) is 99.3 Å². The Labute approximate surface area is 597 Å². The Hall–Kier alpha value is -7.55. The van der Waals surface area contributed by atoms with Gasteiger partial charge in [-0.15, -0.1) is 37.2 Å². The maximum absolute atomic E-state index is 14.2. The van der Waals surface area contributed by atoms with Gasteiger partial charge in [0.1, 0.15) is 31.4 Å². The molecule has 0 unspecified atom stereocenters. The summed E-state index contributed by atoms with van der Waals surface area (Å²) in [6.45, 7) is 5.12. The van der Waals surface area contributed by atoms with Crippen LogP contribution in [0.25, 0.3) is 11.1 Å². The third-order valence-corrected chi connectivity index (χ3v) is 19.5. The van der Waals surface area contributed by atoms with E-state index in [0.29, 0.717) is 146 Å². The Morgan fingerprint density at radius 3 is 1.92 bits per heavy atom. The second-order valence-electron chi connectivity index (χ2n) is 25.7. The molecule has 6 aromatic rings. The molecular weight excluding hydrogens is 1370 g/mol. The monoisotopic (exact) mass is 1460 g/mol. The van der Waals surface area contributed by atoms with Crippen molar-refractivity contribution in [1.29, 1.82) is 0 Å². The molecule has 1 aliphatic carbocycles. The summed E-state index contributed by atoms with van der Waals surface area (Å²) >= 11 is 0. The van der Waals surface area contributed by atoms with Gasteiger partial charge >= 0.3 is 18.4 Å². The Balaban J connectivity index is 0.00000468. The van der Waals surface area contributed by atoms with Crippen LogP contribution >= 0.6 is 37.2 Å². The summed E-state index contributed by atoms with van der Waals surface area (Å²) in [6.07, 6.45) is -6.88. The lowest BCUT2D eigenvalue weighted by Gasteiger charge is -2.44. The van der Waals surface area contributed by atoms with E-state index in [9.17, 15) is 59.8 Å². The van der Waals surface area contributed by atoms with E-state index in [1.807, 2.05) is 78.9 Å². The number of alkyl halides is 6. The van der Waals surface area contributed by atoms with Gasteiger partial charge in [-0.1, -0.05) is 84.9 Å². The number of halogens is 10. The highest BCUT2D eigenvalue weighted by Crippen LogP contribution is 2.49. The maximum atomic E-state index is 14.2. The second kappa shape index (κ2) is 35.4. The molecule has 6 aromatic carbocycles. The van der Waals surface area contributed by atoms with E-state index in [1.165, 1.54) is 29.2 Å². The maximum Gasteiger partial charge on any atom is 0.416 e. The van der Waals surface area contributed by atoms with Crippen molar-refractivity contribution in [2.75, 3.05) is 130 Å². The number of nitrogens with one attached hydrogen (secondary N) is 1. The molecule has 10 rings (SSSR count). The van der Waals surface area contributed by atoms with E-state index in [4.69, 9.17) is 14.2 Å². The van der Waals surface area contributed by atoms with Crippen LogP contribution in [-0.2, 0) is 53.6 Å². The molecule has 27 heteroatoms. The number of carbonyl (C=O) groups excluding carboxylic acids is 4. The Morgan fingerprint density at radius 2 is 1.26 bits per heavy atom. The molecule has 1 spiro atoms. The normalized spacial score (nSPS) is 17.7. The molecule has 17 nitrogen and oxygen atoms in total. The van der Waals surface area contributed by atoms with Crippen LogP contribution in [0.15, 0.2) is 146 Å². The predicted octanol–water partition coefficient (Wildman–Crippen LogP) is 13.0. The number of carboxylic acid groups (broad SMARTS) is 1. The Kier molecular flexibility index (Phi) is 28.2. The number of hydrogen-bond donors (Lipinski definition) is 2. The van der Waals surface area contributed by atoms with Crippen molar-refractivity contribution in [1.82, 2.24) is 29.4 Å². The lowest BCUT2D eigenvalue weighted by Crippen LogP contribution is -2.50. The smallest absolute Gasteiger partial charge is 0.416 e. The second-order valence-corrected chi connectivity index (χ2v) is 25.7. The van der Waals surface area contributed by atoms with Crippen molar-refractivity contribution in [3.05, 3.63) is 190 Å². The average molecular weight is 1460 g/mol. The molecule has 0 radical (unpaired) electrons. The van der Waals surface area contributed by atoms with Crippen molar-refractivity contribution in [3.63, 3.8) is 0 Å². The first-order valence-corrected chi connectivity index (χ1v) is 32.9. The largest absolute Gasteiger partial charge is 0.465 e. The fourth-order valence-electron chi connectivity index (χ4n) is 13.8. The Bertz CT molecular complexity index is 3670. The number of benzene rings is 6. The van der Waals surface area contributed by atoms with E-state index in [2.05, 4.69) is 27.2 Å². The minimum absolute atomic E-state index is 0. The zero-order valence-electron chi connectivity index (χ0n) is 56.0. The predicted molar refractivity (Wildman–Crippen MR) is 374 cm³/mol. The number of amides is 5. The highest BCUT2D eigenvalue weighted by molar-refractivity contribution is 5.96. The molecule has 4 aliphatic rings. The van der Waals surface area contributed by atoms with Gasteiger partial charge in [-0.25, -0.2) is 9.18 Å². The third kappa shape index (κ3) is 19.5. The number of piperidine rings is 2. The Morgan fingerprint density at radius 1 is 0.660 bits per heavy atom. The molecule has 2 N–H and O–H groups in total. The number of likely N-dealkylation sites (tertiary alicyclic amines) is 2. The van der Waals surface area contributed by atoms with E-state index in [0.717, 1.165) is 32.8 Å². The van der Waals surface area contributed by atoms with Crippen LogP contribution in [0.4, 0.5) is 46.9 Å². The van der Waals surface area contributed by atoms with Crippen LogP contribution in [0.2, 0.25) is 0 Å². The van der Waals surface area contributed by atoms with E-state index >= 15 is 0 Å². The van der Waals surface area contributed by atoms with Crippen LogP contribution in [0, 0.1) is 5.82 Å². The molecule has 0 aromatic heterocycles. The molecule has 100 heavy (non-hydrogen) atoms. The molecule has 3 aliphatic heterocycles. The van der Waals surface area contributed by atoms with Crippen LogP contribution in [0.3, 0.4) is 0 Å². The van der Waals surface area contributed by atoms with Crippen molar-refractivity contribution < 1.29 is 74.0 Å². The lowest BCUT2D eigenvalue weighted by molar-refractivity contribution is -0.143. The zero-order valence-corrected chi connectivity index (χ0v) is 58.4. The fraction of sp³-hybridized carbons (Fsp3) is 0.438. The van der Waals surface area contributed by atoms with Crippen molar-refractivity contribution in [3.8, 4) is 11.1 Å². The van der Waals surface area contributed by atoms with Crippen molar-refractivity contribution in [2.45, 2.75) is 86.9 Å². The van der Waals surface area contributed by atoms with Crippen LogP contribution in [-0.4, -0.2) is 196 Å². The third-order valence-electron chi connectivity index (χ3n) is 19.5. The van der Waals surface area contributed by atoms with Crippen molar-refractivity contribution in [2.24, 2.45) is 0 Å². The number of ether oxygens (including phenoxy) is 3. The summed E-state index contributed by atoms with van der Waals surface area (Å²) in [6, 6.07) is 38.7. The molecule has 2 atom stereocenters. The number of para-hydroxylation sites is 1. The molecular formula is C73H86Cl3F7N8O9. The highest BCUT2D eigenvalue weighted by Gasteiger charge is 2.50. The number of rotatable bonds is 26. The standard InChI is InChI=1S/C73H83F7N8O9.3ClH/c1-82(33-12-34-84(3)67(91)52-19-25-59(26-20-52)81-32-11-42-95-47-65(89)83(2)40-41-85-35-27-60(28-36-85)88(69(93)94)63-18-10-8-16-61(63)51-13-5-4-6-14-51)66(90)48-96-64-45-53-15-7-9-17-62(53)70(64)29-37-86(38-30-70)39-31-71(55-21-23-58(74)24-22-55)49-87(50-97-71)68(92)54-43-56(72(75,76)77)46-57(44-54)73(78,79)80;;;/h4-10,13-26,43-44,46,60,64,81H,11-12,27-42,45,47-50H2,1-3H3,(H,93,94);3*1H/t64-,71+;;;/m0.../s1. The van der Waals surface area contributed by atoms with Gasteiger partial charge in [-0.05, 0) is 147 Å². The number of likely N-dealkylation sites (N-methyl/N-ethyl adjacent to an activating group) is 2. The SMILES string of the molecule is CN(CCN1CCC(N(C(=O)O)c2ccccc2-c2ccccc2)CC1)C(=O)COCCCNc1ccc(C(=O)N(C)CCCN(C)C(=O)CO[C@H]2Cc3ccccc3C23CCN(CC[C@]2(c4ccc(F)cc4)CN(C(=O)c4cc(C(F)(F)F)cc(C(F)(F)F)c4)CO2)CC3)cc1.Cl.Cl.Cl. The van der Waals surface area contributed by atoms with Gasteiger partial charge in [0.2, 0.25) is 11.8 Å². The summed E-state index contributed by atoms with van der Waals surface area (Å²) < 4.78 is 115. The molecule has 0 saturated carbocycles. The quantitative estimate of drug-likeness (QED) is 0.0390. The van der Waals surface area contributed by atoms with Crippen LogP contribution in [0.1, 0.15) is 93.5 Å². The fourth-order valence-corrected chi connectivity index (χ4v) is 13.8. The molecule has 3 fully saturated rings. The minimum Gasteiger partial charge on any atom is -0.465 e. The van der Waals surface area contributed by atoms with Gasteiger partial charge in [-0.2, -0.15) is 26.3 Å². The summed E-state index contributed by atoms with van der Waals surface area (Å²) in [5.74, 6) is -2.10. The molecule has 3 saturated heterocycles. The minimum atomic E-state index is -5.15. The van der Waals surface area contributed by atoms with Gasteiger partial charge in [0, 0.05) is 114 Å². The zero-order chi connectivity index (χ0) is 69.1. The number of fused-ring (bicyclic) bond motifs is 2. The van der Waals surface area contributed by atoms with E-state index in [1.54, 1.807) is 48.0 Å². The molecule has 542 valence electrons. The van der Waals surface area contributed by atoms with Gasteiger partial charge in [0.25, 0.3) is 11.8 Å². The van der Waals surface area contributed by atoms with Crippen LogP contribution < -0.4 is 10.2 Å². The van der Waals surface area contributed by atoms with E-state index < -0.39 is 64.6 Å². The number of anilines is 2. The first kappa shape index (κ1) is 79.8.